The normalized spacial score (nSPS) is 11.6. The van der Waals surface area contributed by atoms with Crippen molar-refractivity contribution < 1.29 is 0 Å². The van der Waals surface area contributed by atoms with E-state index in [9.17, 15) is 0 Å². The topological polar surface area (TPSA) is 22.8 Å². The predicted octanol–water partition coefficient (Wildman–Crippen LogP) is 12.3. The maximum absolute atomic E-state index is 4.93. The molecule has 0 aliphatic rings. The van der Waals surface area contributed by atoms with E-state index < -0.39 is 0 Å². The van der Waals surface area contributed by atoms with Gasteiger partial charge in [0.2, 0.25) is 0 Å². The Morgan fingerprint density at radius 3 is 1.64 bits per heavy atom. The Balaban J connectivity index is 1.25. The number of hydrogen-bond acceptors (Lipinski definition) is 1. The minimum Gasteiger partial charge on any atom is -0.309 e. The molecule has 10 aromatic rings. The SMILES string of the molecule is c1ccc(-c2cc(-c3ccccc3)cc(-c3cccc(-n4c5ccccc5c5ccc6c(c7cccnc7n6-c6ccccc6)c54)c3)c2)cc1. The van der Waals surface area contributed by atoms with Crippen molar-refractivity contribution in [1.82, 2.24) is 14.1 Å². The molecule has 3 heteroatoms. The second-order valence-corrected chi connectivity index (χ2v) is 12.8. The molecule has 0 spiro atoms. The van der Waals surface area contributed by atoms with Gasteiger partial charge in [-0.25, -0.2) is 4.98 Å². The zero-order chi connectivity index (χ0) is 33.0. The fourth-order valence-electron chi connectivity index (χ4n) is 7.70. The van der Waals surface area contributed by atoms with Crippen LogP contribution in [0.4, 0.5) is 0 Å². The van der Waals surface area contributed by atoms with E-state index in [-0.39, 0.29) is 0 Å². The molecule has 0 saturated heterocycles. The van der Waals surface area contributed by atoms with Crippen molar-refractivity contribution in [3.8, 4) is 44.8 Å². The highest BCUT2D eigenvalue weighted by molar-refractivity contribution is 6.25. The molecule has 3 aromatic heterocycles. The summed E-state index contributed by atoms with van der Waals surface area (Å²) in [5, 5.41) is 4.80. The monoisotopic (exact) mass is 637 g/mol. The average molecular weight is 638 g/mol. The van der Waals surface area contributed by atoms with Crippen molar-refractivity contribution in [3.05, 3.63) is 188 Å². The van der Waals surface area contributed by atoms with Crippen molar-refractivity contribution in [1.29, 1.82) is 0 Å². The van der Waals surface area contributed by atoms with Crippen LogP contribution in [-0.2, 0) is 0 Å². The molecule has 0 aliphatic heterocycles. The van der Waals surface area contributed by atoms with Crippen LogP contribution < -0.4 is 0 Å². The summed E-state index contributed by atoms with van der Waals surface area (Å²) in [6.45, 7) is 0. The van der Waals surface area contributed by atoms with Gasteiger partial charge in [0, 0.05) is 39.1 Å². The molecule has 7 aromatic carbocycles. The highest BCUT2D eigenvalue weighted by Gasteiger charge is 2.21. The van der Waals surface area contributed by atoms with Crippen LogP contribution in [-0.4, -0.2) is 14.1 Å². The van der Waals surface area contributed by atoms with Gasteiger partial charge < -0.3 is 4.57 Å². The molecule has 0 saturated carbocycles. The quantitative estimate of drug-likeness (QED) is 0.184. The fraction of sp³-hybridized carbons (Fsp3) is 0. The first-order chi connectivity index (χ1) is 24.8. The molecule has 50 heavy (non-hydrogen) atoms. The van der Waals surface area contributed by atoms with Gasteiger partial charge in [-0.3, -0.25) is 4.57 Å². The summed E-state index contributed by atoms with van der Waals surface area (Å²) in [5.41, 5.74) is 13.9. The smallest absolute Gasteiger partial charge is 0.145 e. The number of hydrogen-bond donors (Lipinski definition) is 0. The van der Waals surface area contributed by atoms with E-state index in [2.05, 4.69) is 185 Å². The van der Waals surface area contributed by atoms with E-state index in [4.69, 9.17) is 4.98 Å². The Bertz CT molecular complexity index is 2790. The Morgan fingerprint density at radius 2 is 0.920 bits per heavy atom. The number of benzene rings is 7. The summed E-state index contributed by atoms with van der Waals surface area (Å²) in [6, 6.07) is 65.4. The third kappa shape index (κ3) is 4.48. The van der Waals surface area contributed by atoms with E-state index in [1.165, 1.54) is 60.6 Å². The molecule has 0 amide bonds. The third-order valence-corrected chi connectivity index (χ3v) is 9.92. The number of pyridine rings is 1. The molecule has 3 heterocycles. The molecular weight excluding hydrogens is 607 g/mol. The Labute approximate surface area is 290 Å². The number of aromatic nitrogens is 3. The number of nitrogens with zero attached hydrogens (tertiary/aromatic N) is 3. The van der Waals surface area contributed by atoms with Crippen molar-refractivity contribution in [3.63, 3.8) is 0 Å². The largest absolute Gasteiger partial charge is 0.309 e. The van der Waals surface area contributed by atoms with E-state index >= 15 is 0 Å². The van der Waals surface area contributed by atoms with Gasteiger partial charge >= 0.3 is 0 Å². The number of para-hydroxylation sites is 2. The van der Waals surface area contributed by atoms with Crippen LogP contribution in [0, 0.1) is 0 Å². The minimum atomic E-state index is 0.956. The van der Waals surface area contributed by atoms with Gasteiger partial charge in [0.05, 0.1) is 16.6 Å². The van der Waals surface area contributed by atoms with E-state index in [0.29, 0.717) is 0 Å². The summed E-state index contributed by atoms with van der Waals surface area (Å²) in [7, 11) is 0. The summed E-state index contributed by atoms with van der Waals surface area (Å²) in [6.07, 6.45) is 1.89. The first-order valence-corrected chi connectivity index (χ1v) is 17.1. The van der Waals surface area contributed by atoms with Crippen molar-refractivity contribution >= 4 is 43.7 Å². The first-order valence-electron chi connectivity index (χ1n) is 17.1. The Kier molecular flexibility index (Phi) is 6.49. The van der Waals surface area contributed by atoms with Crippen molar-refractivity contribution in [2.75, 3.05) is 0 Å². The predicted molar refractivity (Wildman–Crippen MR) is 209 cm³/mol. The lowest BCUT2D eigenvalue weighted by Crippen LogP contribution is -1.96. The van der Waals surface area contributed by atoms with Crippen LogP contribution in [0.1, 0.15) is 0 Å². The zero-order valence-electron chi connectivity index (χ0n) is 27.2. The average Bonchev–Trinajstić information content (AvgIpc) is 3.72. The summed E-state index contributed by atoms with van der Waals surface area (Å²) in [4.78, 5) is 4.93. The molecule has 0 bridgehead atoms. The third-order valence-electron chi connectivity index (χ3n) is 9.92. The highest BCUT2D eigenvalue weighted by atomic mass is 15.1. The molecular formula is C47H31N3. The maximum atomic E-state index is 4.93. The first kappa shape index (κ1) is 28.3. The molecule has 0 radical (unpaired) electrons. The van der Waals surface area contributed by atoms with Crippen LogP contribution in [0.2, 0.25) is 0 Å². The summed E-state index contributed by atoms with van der Waals surface area (Å²) in [5.74, 6) is 0. The molecule has 0 N–H and O–H groups in total. The molecule has 0 fully saturated rings. The molecule has 10 rings (SSSR count). The lowest BCUT2D eigenvalue weighted by molar-refractivity contribution is 1.14. The molecule has 0 aliphatic carbocycles. The van der Waals surface area contributed by atoms with E-state index in [0.717, 1.165) is 27.9 Å². The lowest BCUT2D eigenvalue weighted by Gasteiger charge is -2.14. The van der Waals surface area contributed by atoms with Gasteiger partial charge in [0.25, 0.3) is 0 Å². The van der Waals surface area contributed by atoms with Gasteiger partial charge in [-0.2, -0.15) is 0 Å². The highest BCUT2D eigenvalue weighted by Crippen LogP contribution is 2.42. The number of fused-ring (bicyclic) bond motifs is 7. The molecule has 3 nitrogen and oxygen atoms in total. The van der Waals surface area contributed by atoms with Crippen LogP contribution in [0.15, 0.2) is 188 Å². The maximum Gasteiger partial charge on any atom is 0.145 e. The Morgan fingerprint density at radius 1 is 0.340 bits per heavy atom. The molecule has 0 unspecified atom stereocenters. The zero-order valence-corrected chi connectivity index (χ0v) is 27.2. The van der Waals surface area contributed by atoms with Gasteiger partial charge in [-0.05, 0) is 100 Å². The van der Waals surface area contributed by atoms with Crippen molar-refractivity contribution in [2.24, 2.45) is 0 Å². The molecule has 0 atom stereocenters. The van der Waals surface area contributed by atoms with Crippen molar-refractivity contribution in [2.45, 2.75) is 0 Å². The van der Waals surface area contributed by atoms with Gasteiger partial charge in [-0.1, -0.05) is 115 Å². The van der Waals surface area contributed by atoms with Crippen LogP contribution >= 0.6 is 0 Å². The van der Waals surface area contributed by atoms with E-state index in [1.54, 1.807) is 0 Å². The van der Waals surface area contributed by atoms with Crippen LogP contribution in [0.5, 0.6) is 0 Å². The summed E-state index contributed by atoms with van der Waals surface area (Å²) >= 11 is 0. The van der Waals surface area contributed by atoms with Gasteiger partial charge in [0.15, 0.2) is 0 Å². The van der Waals surface area contributed by atoms with Gasteiger partial charge in [0.1, 0.15) is 5.65 Å². The summed E-state index contributed by atoms with van der Waals surface area (Å²) < 4.78 is 4.75. The lowest BCUT2D eigenvalue weighted by atomic mass is 9.93. The van der Waals surface area contributed by atoms with Gasteiger partial charge in [-0.15, -0.1) is 0 Å². The second kappa shape index (κ2) is 11.5. The standard InChI is InChI=1S/C47H31N3/c1-4-14-32(15-5-1)35-28-36(33-16-6-2-7-17-33)30-37(29-35)34-18-12-21-39(31-34)49-43-24-11-10-22-40(43)41-25-26-44-45(46(41)49)42-23-13-27-48-47(42)50(44)38-19-8-3-9-20-38/h1-31H. The number of rotatable bonds is 5. The molecule has 234 valence electrons. The van der Waals surface area contributed by atoms with Crippen LogP contribution in [0.25, 0.3) is 88.5 Å². The van der Waals surface area contributed by atoms with E-state index in [1.807, 2.05) is 12.3 Å². The van der Waals surface area contributed by atoms with Crippen LogP contribution in [0.3, 0.4) is 0 Å². The Hall–Kier alpha value is -6.71. The second-order valence-electron chi connectivity index (χ2n) is 12.8. The minimum absolute atomic E-state index is 0.956. The fourth-order valence-corrected chi connectivity index (χ4v) is 7.70.